The smallest absolute Gasteiger partial charge is 0.248 e. The number of carbonyl (C=O) groups excluding carboxylic acids is 2. The van der Waals surface area contributed by atoms with Crippen molar-refractivity contribution >= 4 is 11.8 Å². The van der Waals surface area contributed by atoms with Gasteiger partial charge in [-0.1, -0.05) is 56.3 Å². The first kappa shape index (κ1) is 26.4. The van der Waals surface area contributed by atoms with Crippen molar-refractivity contribution in [3.05, 3.63) is 47.8 Å². The molecular weight excluding hydrogens is 492 g/mol. The minimum atomic E-state index is -0.722. The average Bonchev–Trinajstić information content (AvgIpc) is 3.21. The summed E-state index contributed by atoms with van der Waals surface area (Å²) in [7, 11) is 0. The highest BCUT2D eigenvalue weighted by Crippen LogP contribution is 2.41. The Kier molecular flexibility index (Phi) is 7.00. The summed E-state index contributed by atoms with van der Waals surface area (Å²) in [4.78, 5) is 31.9. The molecule has 6 atom stereocenters. The van der Waals surface area contributed by atoms with Crippen LogP contribution in [0, 0.1) is 11.3 Å². The topological polar surface area (TPSA) is 104 Å². The van der Waals surface area contributed by atoms with E-state index in [4.69, 9.17) is 0 Å². The molecule has 1 aromatic carbocycles. The van der Waals surface area contributed by atoms with Crippen LogP contribution < -0.4 is 5.32 Å². The summed E-state index contributed by atoms with van der Waals surface area (Å²) in [6, 6.07) is 9.58. The molecule has 2 aromatic rings. The van der Waals surface area contributed by atoms with Gasteiger partial charge in [0.05, 0.1) is 11.8 Å². The Hall–Kier alpha value is -2.78. The van der Waals surface area contributed by atoms with Crippen molar-refractivity contribution in [1.29, 1.82) is 0 Å². The summed E-state index contributed by atoms with van der Waals surface area (Å²) in [5.41, 5.74) is 1.78. The summed E-state index contributed by atoms with van der Waals surface area (Å²) >= 11 is 0. The summed E-state index contributed by atoms with van der Waals surface area (Å²) in [5, 5.41) is 22.6. The van der Waals surface area contributed by atoms with Gasteiger partial charge in [0.2, 0.25) is 11.8 Å². The first-order chi connectivity index (χ1) is 18.7. The van der Waals surface area contributed by atoms with Gasteiger partial charge in [-0.3, -0.25) is 14.5 Å². The number of hydrogen-bond donors (Lipinski definition) is 2. The maximum Gasteiger partial charge on any atom is 0.248 e. The molecule has 3 heterocycles. The van der Waals surface area contributed by atoms with Crippen LogP contribution in [0.3, 0.4) is 0 Å². The van der Waals surface area contributed by atoms with Crippen LogP contribution in [0.1, 0.15) is 82.5 Å². The molecule has 0 bridgehead atoms. The molecule has 2 aliphatic carbocycles. The SMILES string of the molecule is CC(C)(C)[C@@H](C(=O)N1C[C@H](O)C[C@H]1C(=O)N[C@@H]1CC[C@H]2CCN(Cc3ccccc3)[C@H]21)n1cc(C2CC2)nn1. The lowest BCUT2D eigenvalue weighted by atomic mass is 9.85. The fraction of sp³-hybridized carbons (Fsp3) is 0.667. The largest absolute Gasteiger partial charge is 0.391 e. The molecule has 2 N–H and O–H groups in total. The zero-order valence-corrected chi connectivity index (χ0v) is 23.4. The first-order valence-electron chi connectivity index (χ1n) is 14.7. The van der Waals surface area contributed by atoms with E-state index >= 15 is 0 Å². The number of amides is 2. The normalized spacial score (nSPS) is 29.9. The molecule has 9 nitrogen and oxygen atoms in total. The zero-order valence-electron chi connectivity index (χ0n) is 23.4. The molecule has 2 aliphatic heterocycles. The Morgan fingerprint density at radius 2 is 1.87 bits per heavy atom. The molecule has 4 fully saturated rings. The third-order valence-corrected chi connectivity index (χ3v) is 9.22. The fourth-order valence-electron chi connectivity index (χ4n) is 7.18. The van der Waals surface area contributed by atoms with Gasteiger partial charge in [0.1, 0.15) is 12.1 Å². The molecule has 0 spiro atoms. The molecule has 2 amide bonds. The third kappa shape index (κ3) is 5.35. The number of rotatable bonds is 7. The van der Waals surface area contributed by atoms with Gasteiger partial charge in [-0.25, -0.2) is 4.68 Å². The van der Waals surface area contributed by atoms with Gasteiger partial charge < -0.3 is 15.3 Å². The van der Waals surface area contributed by atoms with Crippen LogP contribution >= 0.6 is 0 Å². The highest BCUT2D eigenvalue weighted by molar-refractivity contribution is 5.90. The molecular formula is C30H42N6O3. The fourth-order valence-corrected chi connectivity index (χ4v) is 7.18. The molecule has 9 heteroatoms. The second kappa shape index (κ2) is 10.3. The summed E-state index contributed by atoms with van der Waals surface area (Å²) in [6.45, 7) is 8.11. The molecule has 2 saturated heterocycles. The number of carbonyl (C=O) groups is 2. The Labute approximate surface area is 230 Å². The van der Waals surface area contributed by atoms with E-state index in [1.165, 1.54) is 5.56 Å². The Morgan fingerprint density at radius 3 is 2.59 bits per heavy atom. The lowest BCUT2D eigenvalue weighted by Crippen LogP contribution is -2.54. The van der Waals surface area contributed by atoms with Crippen LogP contribution in [-0.2, 0) is 16.1 Å². The number of aromatic nitrogens is 3. The predicted molar refractivity (Wildman–Crippen MR) is 147 cm³/mol. The van der Waals surface area contributed by atoms with E-state index in [2.05, 4.69) is 44.8 Å². The number of benzene rings is 1. The van der Waals surface area contributed by atoms with Gasteiger partial charge in [-0.2, -0.15) is 0 Å². The van der Waals surface area contributed by atoms with Gasteiger partial charge in [0, 0.05) is 43.7 Å². The number of aliphatic hydroxyl groups excluding tert-OH is 1. The van der Waals surface area contributed by atoms with Crippen LogP contribution in [-0.4, -0.2) is 79.0 Å². The third-order valence-electron chi connectivity index (χ3n) is 9.22. The minimum absolute atomic E-state index is 0.0539. The quantitative estimate of drug-likeness (QED) is 0.566. The number of nitrogens with zero attached hydrogens (tertiary/aromatic N) is 5. The number of aliphatic hydroxyl groups is 1. The van der Waals surface area contributed by atoms with Crippen LogP contribution in [0.25, 0.3) is 0 Å². The summed E-state index contributed by atoms with van der Waals surface area (Å²) in [5.74, 6) is 0.697. The molecule has 1 aromatic heterocycles. The molecule has 0 radical (unpaired) electrons. The lowest BCUT2D eigenvalue weighted by molar-refractivity contribution is -0.144. The summed E-state index contributed by atoms with van der Waals surface area (Å²) in [6.07, 6.45) is 6.87. The van der Waals surface area contributed by atoms with E-state index in [9.17, 15) is 14.7 Å². The van der Waals surface area contributed by atoms with E-state index in [0.29, 0.717) is 17.9 Å². The maximum atomic E-state index is 14.1. The highest BCUT2D eigenvalue weighted by Gasteiger charge is 2.48. The average molecular weight is 535 g/mol. The minimum Gasteiger partial charge on any atom is -0.391 e. The van der Waals surface area contributed by atoms with Crippen LogP contribution in [0.4, 0.5) is 0 Å². The Morgan fingerprint density at radius 1 is 1.10 bits per heavy atom. The van der Waals surface area contributed by atoms with Crippen molar-refractivity contribution in [1.82, 2.24) is 30.1 Å². The monoisotopic (exact) mass is 534 g/mol. The highest BCUT2D eigenvalue weighted by atomic mass is 16.3. The van der Waals surface area contributed by atoms with Crippen molar-refractivity contribution in [3.8, 4) is 0 Å². The number of likely N-dealkylation sites (tertiary alicyclic amines) is 2. The van der Waals surface area contributed by atoms with Gasteiger partial charge >= 0.3 is 0 Å². The standard InChI is InChI=1S/C30H42N6O3/c1-30(2,3)27(36-18-24(32-33-36)20-9-10-20)29(39)35-17-22(37)15-25(35)28(38)31-23-12-11-21-13-14-34(26(21)23)16-19-7-5-4-6-8-19/h4-8,18,20-23,25-27,37H,9-17H2,1-3H3,(H,31,38)/t21-,22+,23+,25-,26+,27+/m0/s1. The number of nitrogens with one attached hydrogen (secondary N) is 1. The number of hydrogen-bond acceptors (Lipinski definition) is 6. The van der Waals surface area contributed by atoms with Gasteiger partial charge in [-0.15, -0.1) is 5.10 Å². The van der Waals surface area contributed by atoms with Crippen molar-refractivity contribution in [3.63, 3.8) is 0 Å². The van der Waals surface area contributed by atoms with Crippen molar-refractivity contribution in [2.45, 2.75) is 102 Å². The number of fused-ring (bicyclic) bond motifs is 1. The second-order valence-electron chi connectivity index (χ2n) is 13.3. The van der Waals surface area contributed by atoms with Crippen molar-refractivity contribution in [2.24, 2.45) is 11.3 Å². The molecule has 39 heavy (non-hydrogen) atoms. The summed E-state index contributed by atoms with van der Waals surface area (Å²) < 4.78 is 1.68. The first-order valence-corrected chi connectivity index (χ1v) is 14.7. The van der Waals surface area contributed by atoms with E-state index in [1.54, 1.807) is 9.58 Å². The van der Waals surface area contributed by atoms with E-state index < -0.39 is 23.6 Å². The number of β-amino-alcohol motifs (C(OH)–C–C–N with tert-alkyl or cyclic N) is 1. The van der Waals surface area contributed by atoms with Crippen LogP contribution in [0.5, 0.6) is 0 Å². The van der Waals surface area contributed by atoms with E-state index in [0.717, 1.165) is 50.9 Å². The second-order valence-corrected chi connectivity index (χ2v) is 13.3. The maximum absolute atomic E-state index is 14.1. The zero-order chi connectivity index (χ0) is 27.3. The Bertz CT molecular complexity index is 1190. The van der Waals surface area contributed by atoms with Gasteiger partial charge in [-0.05, 0) is 55.5 Å². The van der Waals surface area contributed by atoms with Crippen LogP contribution in [0.2, 0.25) is 0 Å². The van der Waals surface area contributed by atoms with Crippen LogP contribution in [0.15, 0.2) is 36.5 Å². The van der Waals surface area contributed by atoms with E-state index in [-0.39, 0.29) is 30.8 Å². The van der Waals surface area contributed by atoms with Crippen molar-refractivity contribution < 1.29 is 14.7 Å². The van der Waals surface area contributed by atoms with Gasteiger partial charge in [0.25, 0.3) is 0 Å². The van der Waals surface area contributed by atoms with Gasteiger partial charge in [0.15, 0.2) is 0 Å². The van der Waals surface area contributed by atoms with Crippen molar-refractivity contribution in [2.75, 3.05) is 13.1 Å². The molecule has 210 valence electrons. The molecule has 6 rings (SSSR count). The predicted octanol–water partition coefficient (Wildman–Crippen LogP) is 2.87. The Balaban J connectivity index is 1.17. The molecule has 2 saturated carbocycles. The lowest BCUT2D eigenvalue weighted by Gasteiger charge is -2.35. The molecule has 4 aliphatic rings. The van der Waals surface area contributed by atoms with E-state index in [1.807, 2.05) is 33.0 Å². The molecule has 0 unspecified atom stereocenters.